The lowest BCUT2D eigenvalue weighted by Gasteiger charge is -2.05. The molecule has 102 valence electrons. The first-order chi connectivity index (χ1) is 9.06. The second-order valence-electron chi connectivity index (χ2n) is 4.63. The van der Waals surface area contributed by atoms with Crippen molar-refractivity contribution in [3.63, 3.8) is 0 Å². The number of nitrogens with zero attached hydrogens (tertiary/aromatic N) is 1. The van der Waals surface area contributed by atoms with Gasteiger partial charge in [0.05, 0.1) is 5.01 Å². The zero-order valence-electron chi connectivity index (χ0n) is 10.9. The molecule has 0 saturated carbocycles. The van der Waals surface area contributed by atoms with Crippen molar-refractivity contribution in [3.05, 3.63) is 49.9 Å². The highest BCUT2D eigenvalue weighted by molar-refractivity contribution is 7.11. The van der Waals surface area contributed by atoms with Crippen LogP contribution in [0.4, 0.5) is 0 Å². The third-order valence-corrected chi connectivity index (χ3v) is 4.38. The molecule has 0 spiro atoms. The van der Waals surface area contributed by atoms with Crippen LogP contribution in [0.2, 0.25) is 10.0 Å². The van der Waals surface area contributed by atoms with Gasteiger partial charge in [-0.15, -0.1) is 11.3 Å². The SMILES string of the molecule is CC(C)NCc1cnc(Cc2c(Cl)cccc2Cl)s1. The standard InChI is InChI=1S/C14H16Cl2N2S/c1-9(2)17-7-10-8-18-14(19-10)6-11-12(15)4-3-5-13(11)16/h3-5,8-9,17H,6-7H2,1-2H3. The van der Waals surface area contributed by atoms with Crippen LogP contribution >= 0.6 is 34.5 Å². The smallest absolute Gasteiger partial charge is 0.0973 e. The average molecular weight is 315 g/mol. The number of benzene rings is 1. The summed E-state index contributed by atoms with van der Waals surface area (Å²) >= 11 is 14.0. The molecule has 0 fully saturated rings. The molecule has 1 aromatic heterocycles. The molecule has 0 aliphatic heterocycles. The Morgan fingerprint density at radius 1 is 1.26 bits per heavy atom. The van der Waals surface area contributed by atoms with Crippen LogP contribution < -0.4 is 5.32 Å². The fourth-order valence-corrected chi connectivity index (χ4v) is 3.09. The quantitative estimate of drug-likeness (QED) is 0.876. The second-order valence-corrected chi connectivity index (χ2v) is 6.65. The minimum Gasteiger partial charge on any atom is -0.310 e. The van der Waals surface area contributed by atoms with Crippen LogP contribution in [0.3, 0.4) is 0 Å². The number of hydrogen-bond donors (Lipinski definition) is 1. The predicted octanol–water partition coefficient (Wildman–Crippen LogP) is 4.54. The molecule has 0 bridgehead atoms. The molecular formula is C14H16Cl2N2S. The normalized spacial score (nSPS) is 11.2. The van der Waals surface area contributed by atoms with E-state index in [0.717, 1.165) is 17.1 Å². The summed E-state index contributed by atoms with van der Waals surface area (Å²) in [7, 11) is 0. The van der Waals surface area contributed by atoms with E-state index < -0.39 is 0 Å². The molecule has 0 radical (unpaired) electrons. The van der Waals surface area contributed by atoms with Crippen molar-refractivity contribution in [1.29, 1.82) is 0 Å². The Kier molecular flexibility index (Phi) is 5.22. The number of rotatable bonds is 5. The van der Waals surface area contributed by atoms with E-state index in [-0.39, 0.29) is 0 Å². The van der Waals surface area contributed by atoms with Crippen molar-refractivity contribution in [2.75, 3.05) is 0 Å². The van der Waals surface area contributed by atoms with Crippen molar-refractivity contribution in [1.82, 2.24) is 10.3 Å². The first-order valence-corrected chi connectivity index (χ1v) is 7.73. The van der Waals surface area contributed by atoms with E-state index in [1.54, 1.807) is 11.3 Å². The molecule has 0 atom stereocenters. The van der Waals surface area contributed by atoms with E-state index in [0.29, 0.717) is 22.5 Å². The maximum Gasteiger partial charge on any atom is 0.0973 e. The predicted molar refractivity (Wildman–Crippen MR) is 83.4 cm³/mol. The highest BCUT2D eigenvalue weighted by Crippen LogP contribution is 2.28. The van der Waals surface area contributed by atoms with Gasteiger partial charge in [0.1, 0.15) is 0 Å². The van der Waals surface area contributed by atoms with Gasteiger partial charge in [-0.3, -0.25) is 0 Å². The van der Waals surface area contributed by atoms with Gasteiger partial charge < -0.3 is 5.32 Å². The molecule has 1 heterocycles. The Hall–Kier alpha value is -0.610. The molecule has 0 aliphatic carbocycles. The lowest BCUT2D eigenvalue weighted by atomic mass is 10.1. The third kappa shape index (κ3) is 4.18. The Labute approximate surface area is 127 Å². The highest BCUT2D eigenvalue weighted by Gasteiger charge is 2.09. The van der Waals surface area contributed by atoms with Crippen molar-refractivity contribution >= 4 is 34.5 Å². The zero-order chi connectivity index (χ0) is 13.8. The van der Waals surface area contributed by atoms with E-state index in [1.807, 2.05) is 24.4 Å². The van der Waals surface area contributed by atoms with Crippen LogP contribution in [0, 0.1) is 0 Å². The van der Waals surface area contributed by atoms with Crippen LogP contribution in [0.15, 0.2) is 24.4 Å². The topological polar surface area (TPSA) is 24.9 Å². The van der Waals surface area contributed by atoms with E-state index >= 15 is 0 Å². The summed E-state index contributed by atoms with van der Waals surface area (Å²) in [4.78, 5) is 5.66. The number of aromatic nitrogens is 1. The average Bonchev–Trinajstić information content (AvgIpc) is 2.79. The van der Waals surface area contributed by atoms with Crippen LogP contribution in [0.25, 0.3) is 0 Å². The molecule has 5 heteroatoms. The fourth-order valence-electron chi connectivity index (χ4n) is 1.67. The minimum atomic E-state index is 0.476. The number of nitrogens with one attached hydrogen (secondary N) is 1. The summed E-state index contributed by atoms with van der Waals surface area (Å²) in [5.41, 5.74) is 0.948. The maximum absolute atomic E-state index is 6.17. The Bertz CT molecular complexity index is 532. The summed E-state index contributed by atoms with van der Waals surface area (Å²) in [5, 5.41) is 5.81. The van der Waals surface area contributed by atoms with Crippen molar-refractivity contribution in [3.8, 4) is 0 Å². The molecule has 0 aliphatic rings. The Morgan fingerprint density at radius 2 is 1.95 bits per heavy atom. The molecule has 2 aromatic rings. The lowest BCUT2D eigenvalue weighted by molar-refractivity contribution is 0.593. The summed E-state index contributed by atoms with van der Waals surface area (Å²) in [5.74, 6) is 0. The van der Waals surface area contributed by atoms with Gasteiger partial charge in [0, 0.05) is 40.1 Å². The monoisotopic (exact) mass is 314 g/mol. The molecule has 0 saturated heterocycles. The van der Waals surface area contributed by atoms with Crippen LogP contribution in [0.1, 0.15) is 29.3 Å². The van der Waals surface area contributed by atoms with E-state index in [9.17, 15) is 0 Å². The molecule has 1 N–H and O–H groups in total. The first-order valence-electron chi connectivity index (χ1n) is 6.16. The Balaban J connectivity index is 2.07. The van der Waals surface area contributed by atoms with Gasteiger partial charge in [0.15, 0.2) is 0 Å². The molecular weight excluding hydrogens is 299 g/mol. The van der Waals surface area contributed by atoms with Crippen LogP contribution in [-0.2, 0) is 13.0 Å². The Morgan fingerprint density at radius 3 is 2.58 bits per heavy atom. The molecule has 0 unspecified atom stereocenters. The van der Waals surface area contributed by atoms with Crippen LogP contribution in [0.5, 0.6) is 0 Å². The number of thiazole rings is 1. The molecule has 19 heavy (non-hydrogen) atoms. The van der Waals surface area contributed by atoms with E-state index in [4.69, 9.17) is 23.2 Å². The lowest BCUT2D eigenvalue weighted by Crippen LogP contribution is -2.21. The molecule has 2 nitrogen and oxygen atoms in total. The fraction of sp³-hybridized carbons (Fsp3) is 0.357. The van der Waals surface area contributed by atoms with Gasteiger partial charge in [-0.25, -0.2) is 4.98 Å². The summed E-state index contributed by atoms with van der Waals surface area (Å²) in [6.45, 7) is 5.11. The minimum absolute atomic E-state index is 0.476. The van der Waals surface area contributed by atoms with Crippen molar-refractivity contribution in [2.45, 2.75) is 32.9 Å². The largest absolute Gasteiger partial charge is 0.310 e. The molecule has 0 amide bonds. The summed E-state index contributed by atoms with van der Waals surface area (Å²) in [6, 6.07) is 6.05. The van der Waals surface area contributed by atoms with Gasteiger partial charge in [-0.1, -0.05) is 43.1 Å². The summed E-state index contributed by atoms with van der Waals surface area (Å²) < 4.78 is 0. The molecule has 2 rings (SSSR count). The van der Waals surface area contributed by atoms with E-state index in [1.165, 1.54) is 4.88 Å². The maximum atomic E-state index is 6.17. The van der Waals surface area contributed by atoms with Gasteiger partial charge >= 0.3 is 0 Å². The number of halogens is 2. The van der Waals surface area contributed by atoms with Gasteiger partial charge in [0.25, 0.3) is 0 Å². The zero-order valence-corrected chi connectivity index (χ0v) is 13.2. The first kappa shape index (κ1) is 14.8. The summed E-state index contributed by atoms with van der Waals surface area (Å²) in [6.07, 6.45) is 2.60. The van der Waals surface area contributed by atoms with Gasteiger partial charge in [-0.2, -0.15) is 0 Å². The van der Waals surface area contributed by atoms with Crippen molar-refractivity contribution in [2.24, 2.45) is 0 Å². The van der Waals surface area contributed by atoms with E-state index in [2.05, 4.69) is 24.1 Å². The van der Waals surface area contributed by atoms with Gasteiger partial charge in [-0.05, 0) is 17.7 Å². The highest BCUT2D eigenvalue weighted by atomic mass is 35.5. The second kappa shape index (κ2) is 6.71. The number of hydrogen-bond acceptors (Lipinski definition) is 3. The van der Waals surface area contributed by atoms with Crippen LogP contribution in [-0.4, -0.2) is 11.0 Å². The third-order valence-electron chi connectivity index (χ3n) is 2.68. The van der Waals surface area contributed by atoms with Crippen molar-refractivity contribution < 1.29 is 0 Å². The molecule has 1 aromatic carbocycles. The van der Waals surface area contributed by atoms with Gasteiger partial charge in [0.2, 0.25) is 0 Å².